The first-order valence-corrected chi connectivity index (χ1v) is 11.5. The molecular formula is C23H20N4O4S. The largest absolute Gasteiger partial charge is 0.417 e. The van der Waals surface area contributed by atoms with Crippen molar-refractivity contribution in [1.29, 1.82) is 0 Å². The van der Waals surface area contributed by atoms with E-state index >= 15 is 0 Å². The van der Waals surface area contributed by atoms with Gasteiger partial charge in [-0.15, -0.1) is 0 Å². The maximum atomic E-state index is 12.9. The number of nitrogens with one attached hydrogen (secondary N) is 2. The zero-order chi connectivity index (χ0) is 22.3. The van der Waals surface area contributed by atoms with Crippen LogP contribution in [-0.4, -0.2) is 23.0 Å². The van der Waals surface area contributed by atoms with Gasteiger partial charge < -0.3 is 8.98 Å². The molecule has 9 heteroatoms. The first kappa shape index (κ1) is 20.2. The topological polar surface area (TPSA) is 110 Å². The highest BCUT2D eigenvalue weighted by molar-refractivity contribution is 7.89. The van der Waals surface area contributed by atoms with Gasteiger partial charge >= 0.3 is 5.76 Å². The highest BCUT2D eigenvalue weighted by Crippen LogP contribution is 2.20. The molecule has 0 aliphatic heterocycles. The Kier molecular flexibility index (Phi) is 4.91. The number of aryl methyl sites for hydroxylation is 1. The lowest BCUT2D eigenvalue weighted by molar-refractivity contribution is 0.553. The molecular weight excluding hydrogens is 428 g/mol. The molecule has 162 valence electrons. The third-order valence-corrected chi connectivity index (χ3v) is 6.72. The van der Waals surface area contributed by atoms with E-state index in [1.54, 1.807) is 0 Å². The predicted molar refractivity (Wildman–Crippen MR) is 121 cm³/mol. The molecule has 3 aromatic carbocycles. The second-order valence-corrected chi connectivity index (χ2v) is 9.35. The Bertz CT molecular complexity index is 1590. The number of nitrogens with zero attached hydrogens (tertiary/aromatic N) is 2. The minimum atomic E-state index is -3.85. The first-order chi connectivity index (χ1) is 15.4. The predicted octanol–water partition coefficient (Wildman–Crippen LogP) is 3.31. The number of para-hydroxylation sites is 2. The summed E-state index contributed by atoms with van der Waals surface area (Å²) in [5, 5.41) is 0. The van der Waals surface area contributed by atoms with E-state index in [0.717, 1.165) is 16.6 Å². The van der Waals surface area contributed by atoms with E-state index in [9.17, 15) is 13.2 Å². The van der Waals surface area contributed by atoms with E-state index in [2.05, 4.69) is 26.8 Å². The Balaban J connectivity index is 1.46. The SMILES string of the molecule is Cc1ccc(Cn2c(CNS(=O)(=O)c3ccc4[nH]c(=O)oc4c3)nc3ccccc32)cc1. The minimum absolute atomic E-state index is 0.00828. The number of hydrogen-bond acceptors (Lipinski definition) is 5. The normalized spacial score (nSPS) is 12.0. The number of sulfonamides is 1. The van der Waals surface area contributed by atoms with Crippen molar-refractivity contribution in [3.63, 3.8) is 0 Å². The fourth-order valence-electron chi connectivity index (χ4n) is 3.65. The van der Waals surface area contributed by atoms with E-state index in [1.807, 2.05) is 47.9 Å². The standard InChI is InChI=1S/C23H20N4O4S/c1-15-6-8-16(9-7-15)14-27-20-5-3-2-4-18(20)25-22(27)13-24-32(29,30)17-10-11-19-21(12-17)31-23(28)26-19/h2-12,24H,13-14H2,1H3,(H,26,28). The smallest absolute Gasteiger partial charge is 0.408 e. The maximum Gasteiger partial charge on any atom is 0.417 e. The van der Waals surface area contributed by atoms with Crippen LogP contribution < -0.4 is 10.5 Å². The fraction of sp³-hybridized carbons (Fsp3) is 0.130. The molecule has 2 heterocycles. The number of fused-ring (bicyclic) bond motifs is 2. The number of aromatic amines is 1. The van der Waals surface area contributed by atoms with Crippen LogP contribution in [0.25, 0.3) is 22.1 Å². The summed E-state index contributed by atoms with van der Waals surface area (Å²) in [6.07, 6.45) is 0. The molecule has 0 atom stereocenters. The Labute approximate surface area is 183 Å². The van der Waals surface area contributed by atoms with Gasteiger partial charge in [0.2, 0.25) is 10.0 Å². The van der Waals surface area contributed by atoms with Crippen molar-refractivity contribution >= 4 is 32.2 Å². The number of benzene rings is 3. The quantitative estimate of drug-likeness (QED) is 0.414. The molecule has 0 amide bonds. The van der Waals surface area contributed by atoms with Gasteiger partial charge in [-0.2, -0.15) is 0 Å². The zero-order valence-electron chi connectivity index (χ0n) is 17.2. The summed E-state index contributed by atoms with van der Waals surface area (Å²) in [6.45, 7) is 2.61. The van der Waals surface area contributed by atoms with Gasteiger partial charge in [-0.3, -0.25) is 4.98 Å². The van der Waals surface area contributed by atoms with E-state index in [0.29, 0.717) is 17.9 Å². The van der Waals surface area contributed by atoms with Crippen LogP contribution in [0.1, 0.15) is 17.0 Å². The van der Waals surface area contributed by atoms with Crippen molar-refractivity contribution < 1.29 is 12.8 Å². The van der Waals surface area contributed by atoms with Crippen LogP contribution in [0.4, 0.5) is 0 Å². The summed E-state index contributed by atoms with van der Waals surface area (Å²) in [6, 6.07) is 20.2. The van der Waals surface area contributed by atoms with Gasteiger partial charge in [-0.05, 0) is 36.8 Å². The minimum Gasteiger partial charge on any atom is -0.408 e. The monoisotopic (exact) mass is 448 g/mol. The highest BCUT2D eigenvalue weighted by Gasteiger charge is 2.18. The van der Waals surface area contributed by atoms with Crippen LogP contribution in [0.2, 0.25) is 0 Å². The average Bonchev–Trinajstić information content (AvgIpc) is 3.32. The third-order valence-electron chi connectivity index (χ3n) is 5.32. The van der Waals surface area contributed by atoms with Crippen molar-refractivity contribution in [3.8, 4) is 0 Å². The maximum absolute atomic E-state index is 12.9. The lowest BCUT2D eigenvalue weighted by Crippen LogP contribution is -2.25. The summed E-state index contributed by atoms with van der Waals surface area (Å²) in [5.74, 6) is -0.0306. The van der Waals surface area contributed by atoms with Gasteiger partial charge in [0.25, 0.3) is 0 Å². The summed E-state index contributed by atoms with van der Waals surface area (Å²) >= 11 is 0. The Morgan fingerprint density at radius 1 is 1.06 bits per heavy atom. The molecule has 0 bridgehead atoms. The number of hydrogen-bond donors (Lipinski definition) is 2. The lowest BCUT2D eigenvalue weighted by Gasteiger charge is -2.11. The first-order valence-electron chi connectivity index (χ1n) is 10.0. The van der Waals surface area contributed by atoms with Crippen molar-refractivity contribution in [3.05, 3.63) is 94.2 Å². The van der Waals surface area contributed by atoms with Crippen molar-refractivity contribution in [1.82, 2.24) is 19.3 Å². The van der Waals surface area contributed by atoms with Gasteiger partial charge in [-0.1, -0.05) is 42.0 Å². The summed E-state index contributed by atoms with van der Waals surface area (Å²) in [7, 11) is -3.85. The molecule has 5 aromatic rings. The van der Waals surface area contributed by atoms with Crippen LogP contribution in [0, 0.1) is 6.92 Å². The highest BCUT2D eigenvalue weighted by atomic mass is 32.2. The van der Waals surface area contributed by atoms with E-state index in [4.69, 9.17) is 4.42 Å². The molecule has 8 nitrogen and oxygen atoms in total. The summed E-state index contributed by atoms with van der Waals surface area (Å²) < 4.78 is 35.4. The van der Waals surface area contributed by atoms with Crippen LogP contribution in [-0.2, 0) is 23.1 Å². The van der Waals surface area contributed by atoms with Gasteiger partial charge in [0.1, 0.15) is 5.82 Å². The Morgan fingerprint density at radius 3 is 2.66 bits per heavy atom. The second kappa shape index (κ2) is 7.77. The fourth-order valence-corrected chi connectivity index (χ4v) is 4.64. The zero-order valence-corrected chi connectivity index (χ0v) is 18.0. The van der Waals surface area contributed by atoms with Crippen LogP contribution in [0.3, 0.4) is 0 Å². The number of aromatic nitrogens is 3. The number of H-pyrrole nitrogens is 1. The van der Waals surface area contributed by atoms with Gasteiger partial charge in [0.15, 0.2) is 5.58 Å². The molecule has 0 saturated carbocycles. The number of oxazole rings is 1. The average molecular weight is 449 g/mol. The summed E-state index contributed by atoms with van der Waals surface area (Å²) in [5.41, 5.74) is 4.61. The molecule has 0 spiro atoms. The van der Waals surface area contributed by atoms with E-state index < -0.39 is 15.8 Å². The Hall–Kier alpha value is -3.69. The van der Waals surface area contributed by atoms with Gasteiger partial charge in [0, 0.05) is 12.6 Å². The van der Waals surface area contributed by atoms with Crippen LogP contribution in [0.15, 0.2) is 80.8 Å². The van der Waals surface area contributed by atoms with E-state index in [1.165, 1.54) is 23.8 Å². The lowest BCUT2D eigenvalue weighted by atomic mass is 10.1. The molecule has 5 rings (SSSR count). The number of rotatable bonds is 6. The molecule has 0 unspecified atom stereocenters. The van der Waals surface area contributed by atoms with Crippen LogP contribution >= 0.6 is 0 Å². The molecule has 0 fully saturated rings. The molecule has 2 aromatic heterocycles. The molecule has 0 radical (unpaired) electrons. The molecule has 0 saturated heterocycles. The Morgan fingerprint density at radius 2 is 1.84 bits per heavy atom. The van der Waals surface area contributed by atoms with Crippen LogP contribution in [0.5, 0.6) is 0 Å². The van der Waals surface area contributed by atoms with Crippen molar-refractivity contribution in [2.45, 2.75) is 24.9 Å². The third kappa shape index (κ3) is 3.83. The van der Waals surface area contributed by atoms with E-state index in [-0.39, 0.29) is 17.0 Å². The molecule has 0 aliphatic carbocycles. The second-order valence-electron chi connectivity index (χ2n) is 7.59. The van der Waals surface area contributed by atoms with Crippen molar-refractivity contribution in [2.75, 3.05) is 0 Å². The molecule has 0 aliphatic rings. The molecule has 32 heavy (non-hydrogen) atoms. The molecule has 2 N–H and O–H groups in total. The summed E-state index contributed by atoms with van der Waals surface area (Å²) in [4.78, 5) is 18.5. The van der Waals surface area contributed by atoms with Gasteiger partial charge in [0.05, 0.1) is 28.0 Å². The number of imidazole rings is 1. The van der Waals surface area contributed by atoms with Gasteiger partial charge in [-0.25, -0.2) is 22.9 Å². The van der Waals surface area contributed by atoms with Crippen molar-refractivity contribution in [2.24, 2.45) is 0 Å².